The predicted octanol–water partition coefficient (Wildman–Crippen LogP) is 2.95. The molecule has 0 aromatic rings. The van der Waals surface area contributed by atoms with Crippen LogP contribution in [0.4, 0.5) is 0 Å². The van der Waals surface area contributed by atoms with Gasteiger partial charge >= 0.3 is 0 Å². The Kier molecular flexibility index (Phi) is 15.1. The maximum absolute atomic E-state index is 5.62. The van der Waals surface area contributed by atoms with Gasteiger partial charge in [-0.05, 0) is 57.2 Å². The molecular weight excluding hydrogens is 415 g/mol. The largest absolute Gasteiger partial charge is 0.380 e. The van der Waals surface area contributed by atoms with Crippen molar-refractivity contribution in [2.45, 2.75) is 46.5 Å². The van der Waals surface area contributed by atoms with E-state index < -0.39 is 0 Å². The molecule has 0 spiro atoms. The van der Waals surface area contributed by atoms with Crippen molar-refractivity contribution >= 4 is 29.9 Å². The molecule has 1 fully saturated rings. The molecule has 0 saturated carbocycles. The zero-order chi connectivity index (χ0) is 16.9. The van der Waals surface area contributed by atoms with E-state index in [-0.39, 0.29) is 24.0 Å². The van der Waals surface area contributed by atoms with Gasteiger partial charge in [0.2, 0.25) is 0 Å². The van der Waals surface area contributed by atoms with Crippen molar-refractivity contribution < 1.29 is 4.74 Å². The fraction of sp³-hybridized carbons (Fsp3) is 0.944. The summed E-state index contributed by atoms with van der Waals surface area (Å²) in [5.41, 5.74) is 0. The first-order chi connectivity index (χ1) is 11.2. The molecule has 0 amide bonds. The number of halogens is 1. The number of nitrogens with zero attached hydrogens (tertiary/aromatic N) is 2. The van der Waals surface area contributed by atoms with Crippen molar-refractivity contribution in [1.82, 2.24) is 15.5 Å². The van der Waals surface area contributed by atoms with Crippen LogP contribution in [0.5, 0.6) is 0 Å². The van der Waals surface area contributed by atoms with E-state index in [4.69, 9.17) is 4.74 Å². The molecule has 24 heavy (non-hydrogen) atoms. The Hall–Kier alpha value is -0.0800. The van der Waals surface area contributed by atoms with Gasteiger partial charge in [0.25, 0.3) is 0 Å². The van der Waals surface area contributed by atoms with E-state index in [1.807, 2.05) is 7.05 Å². The van der Waals surface area contributed by atoms with E-state index in [9.17, 15) is 0 Å². The molecule has 0 bridgehead atoms. The summed E-state index contributed by atoms with van der Waals surface area (Å²) in [5, 5.41) is 6.79. The summed E-state index contributed by atoms with van der Waals surface area (Å²) in [7, 11) is 1.83. The lowest BCUT2D eigenvalue weighted by Crippen LogP contribution is -2.43. The predicted molar refractivity (Wildman–Crippen MR) is 115 cm³/mol. The molecule has 2 N–H and O–H groups in total. The highest BCUT2D eigenvalue weighted by Gasteiger charge is 2.18. The maximum Gasteiger partial charge on any atom is 0.191 e. The summed E-state index contributed by atoms with van der Waals surface area (Å²) in [6.07, 6.45) is 4.98. The number of piperidine rings is 1. The number of guanidine groups is 1. The van der Waals surface area contributed by atoms with Gasteiger partial charge in [0.15, 0.2) is 5.96 Å². The minimum Gasteiger partial charge on any atom is -0.380 e. The molecule has 1 rings (SSSR count). The fourth-order valence-corrected chi connectivity index (χ4v) is 2.85. The first-order valence-corrected chi connectivity index (χ1v) is 9.40. The van der Waals surface area contributed by atoms with Crippen molar-refractivity contribution in [2.24, 2.45) is 16.8 Å². The van der Waals surface area contributed by atoms with Gasteiger partial charge < -0.3 is 20.3 Å². The smallest absolute Gasteiger partial charge is 0.191 e. The van der Waals surface area contributed by atoms with Crippen LogP contribution in [0.15, 0.2) is 4.99 Å². The van der Waals surface area contributed by atoms with Gasteiger partial charge in [-0.3, -0.25) is 4.99 Å². The molecule has 0 aromatic carbocycles. The molecule has 0 unspecified atom stereocenters. The second kappa shape index (κ2) is 15.2. The number of nitrogens with one attached hydrogen (secondary N) is 2. The van der Waals surface area contributed by atoms with Gasteiger partial charge in [-0.15, -0.1) is 24.0 Å². The Labute approximate surface area is 166 Å². The minimum atomic E-state index is 0. The second-order valence-electron chi connectivity index (χ2n) is 6.96. The van der Waals surface area contributed by atoms with E-state index in [2.05, 4.69) is 41.3 Å². The van der Waals surface area contributed by atoms with Crippen LogP contribution >= 0.6 is 24.0 Å². The van der Waals surface area contributed by atoms with E-state index in [1.165, 1.54) is 38.9 Å². The minimum absolute atomic E-state index is 0. The summed E-state index contributed by atoms with van der Waals surface area (Å²) in [6.45, 7) is 13.9. The molecule has 144 valence electrons. The molecule has 0 aromatic heterocycles. The van der Waals surface area contributed by atoms with Crippen molar-refractivity contribution in [3.63, 3.8) is 0 Å². The van der Waals surface area contributed by atoms with E-state index >= 15 is 0 Å². The van der Waals surface area contributed by atoms with Crippen LogP contribution in [0.1, 0.15) is 46.5 Å². The van der Waals surface area contributed by atoms with Gasteiger partial charge in [0.1, 0.15) is 0 Å². The number of ether oxygens (including phenoxy) is 1. The molecular formula is C18H39IN4O. The third-order valence-corrected chi connectivity index (χ3v) is 4.41. The number of hydrogen-bond donors (Lipinski definition) is 2. The zero-order valence-electron chi connectivity index (χ0n) is 16.1. The van der Waals surface area contributed by atoms with Crippen LogP contribution < -0.4 is 10.6 Å². The lowest BCUT2D eigenvalue weighted by atomic mass is 9.97. The van der Waals surface area contributed by atoms with Crippen LogP contribution in [0.3, 0.4) is 0 Å². The Morgan fingerprint density at radius 2 is 1.92 bits per heavy atom. The van der Waals surface area contributed by atoms with Crippen LogP contribution in [-0.4, -0.2) is 63.8 Å². The highest BCUT2D eigenvalue weighted by Crippen LogP contribution is 2.16. The SMILES string of the molecule is CCCN1CCC(CNC(=NC)NCCOCCC(C)C)CC1.I. The van der Waals surface area contributed by atoms with Crippen molar-refractivity contribution in [3.8, 4) is 0 Å². The Bertz CT molecular complexity index is 318. The molecule has 0 radical (unpaired) electrons. The Balaban J connectivity index is 0.00000529. The number of hydrogen-bond acceptors (Lipinski definition) is 3. The van der Waals surface area contributed by atoms with Crippen LogP contribution in [0.2, 0.25) is 0 Å². The first kappa shape index (κ1) is 23.9. The highest BCUT2D eigenvalue weighted by molar-refractivity contribution is 14.0. The van der Waals surface area contributed by atoms with Gasteiger partial charge in [-0.2, -0.15) is 0 Å². The lowest BCUT2D eigenvalue weighted by Gasteiger charge is -2.32. The van der Waals surface area contributed by atoms with E-state index in [0.717, 1.165) is 44.6 Å². The third kappa shape index (κ3) is 11.5. The van der Waals surface area contributed by atoms with Gasteiger partial charge in [-0.1, -0.05) is 20.8 Å². The quantitative estimate of drug-likeness (QED) is 0.231. The van der Waals surface area contributed by atoms with Gasteiger partial charge in [0.05, 0.1) is 6.61 Å². The van der Waals surface area contributed by atoms with Crippen LogP contribution in [-0.2, 0) is 4.74 Å². The average Bonchev–Trinajstić information content (AvgIpc) is 2.55. The summed E-state index contributed by atoms with van der Waals surface area (Å²) in [6, 6.07) is 0. The number of aliphatic imine (C=N–C) groups is 1. The summed E-state index contributed by atoms with van der Waals surface area (Å²) in [4.78, 5) is 6.87. The first-order valence-electron chi connectivity index (χ1n) is 9.40. The summed E-state index contributed by atoms with van der Waals surface area (Å²) < 4.78 is 5.62. The van der Waals surface area contributed by atoms with Crippen LogP contribution in [0.25, 0.3) is 0 Å². The second-order valence-corrected chi connectivity index (χ2v) is 6.96. The Morgan fingerprint density at radius 1 is 1.21 bits per heavy atom. The zero-order valence-corrected chi connectivity index (χ0v) is 18.5. The van der Waals surface area contributed by atoms with E-state index in [1.54, 1.807) is 0 Å². The number of rotatable bonds is 10. The molecule has 1 saturated heterocycles. The summed E-state index contributed by atoms with van der Waals surface area (Å²) in [5.74, 6) is 2.37. The van der Waals surface area contributed by atoms with Gasteiger partial charge in [0, 0.05) is 26.7 Å². The molecule has 1 aliphatic rings. The molecule has 5 nitrogen and oxygen atoms in total. The highest BCUT2D eigenvalue weighted by atomic mass is 127. The van der Waals surface area contributed by atoms with Crippen molar-refractivity contribution in [1.29, 1.82) is 0 Å². The maximum atomic E-state index is 5.62. The third-order valence-electron chi connectivity index (χ3n) is 4.41. The summed E-state index contributed by atoms with van der Waals surface area (Å²) >= 11 is 0. The molecule has 0 aliphatic carbocycles. The molecule has 1 heterocycles. The molecule has 6 heteroatoms. The number of likely N-dealkylation sites (tertiary alicyclic amines) is 1. The topological polar surface area (TPSA) is 48.9 Å². The normalized spacial score (nSPS) is 17.0. The van der Waals surface area contributed by atoms with Gasteiger partial charge in [-0.25, -0.2) is 0 Å². The average molecular weight is 454 g/mol. The standard InChI is InChI=1S/C18H38N4O.HI/c1-5-10-22-11-6-17(7-12-22)15-21-18(19-4)20-9-14-23-13-8-16(2)3;/h16-17H,5-15H2,1-4H3,(H2,19,20,21);1H. The lowest BCUT2D eigenvalue weighted by molar-refractivity contribution is 0.128. The monoisotopic (exact) mass is 454 g/mol. The molecule has 0 atom stereocenters. The van der Waals surface area contributed by atoms with Crippen molar-refractivity contribution in [3.05, 3.63) is 0 Å². The van der Waals surface area contributed by atoms with Crippen molar-refractivity contribution in [2.75, 3.05) is 53.0 Å². The van der Waals surface area contributed by atoms with Crippen LogP contribution in [0, 0.1) is 11.8 Å². The van der Waals surface area contributed by atoms with E-state index in [0.29, 0.717) is 5.92 Å². The molecule has 1 aliphatic heterocycles. The Morgan fingerprint density at radius 3 is 2.50 bits per heavy atom. The fourth-order valence-electron chi connectivity index (χ4n) is 2.85.